The van der Waals surface area contributed by atoms with Gasteiger partial charge in [0.1, 0.15) is 18.1 Å². The third-order valence-electron chi connectivity index (χ3n) is 3.64. The van der Waals surface area contributed by atoms with Gasteiger partial charge in [0.05, 0.1) is 17.9 Å². The number of hydrogen-bond acceptors (Lipinski definition) is 4. The number of ether oxygens (including phenoxy) is 3. The van der Waals surface area contributed by atoms with Crippen molar-refractivity contribution in [3.05, 3.63) is 59.7 Å². The van der Waals surface area contributed by atoms with Crippen LogP contribution < -0.4 is 14.8 Å². The molecule has 1 amide bonds. The van der Waals surface area contributed by atoms with Gasteiger partial charge in [0.25, 0.3) is 0 Å². The molecule has 0 aliphatic carbocycles. The molecule has 0 spiro atoms. The molecule has 0 atom stereocenters. The molecule has 0 bridgehead atoms. The van der Waals surface area contributed by atoms with Crippen LogP contribution in [-0.2, 0) is 15.7 Å². The van der Waals surface area contributed by atoms with Crippen molar-refractivity contribution in [2.24, 2.45) is 0 Å². The Morgan fingerprint density at radius 1 is 1.10 bits per heavy atom. The van der Waals surface area contributed by atoms with E-state index in [1.165, 1.54) is 37.5 Å². The molecule has 2 aromatic carbocycles. The number of hydrogen-bond donors (Lipinski definition) is 1. The molecule has 0 aromatic heterocycles. The van der Waals surface area contributed by atoms with Crippen molar-refractivity contribution in [2.45, 2.75) is 12.8 Å². The molecule has 162 valence electrons. The van der Waals surface area contributed by atoms with Gasteiger partial charge < -0.3 is 19.5 Å². The maximum atomic E-state index is 13.0. The highest BCUT2D eigenvalue weighted by molar-refractivity contribution is 6.02. The number of halogens is 5. The molecule has 1 N–H and O–H groups in total. The Labute approximate surface area is 169 Å². The van der Waals surface area contributed by atoms with Gasteiger partial charge in [0, 0.05) is 13.2 Å². The molecule has 5 nitrogen and oxygen atoms in total. The van der Waals surface area contributed by atoms with Gasteiger partial charge in [-0.1, -0.05) is 12.1 Å². The van der Waals surface area contributed by atoms with Gasteiger partial charge in [0.15, 0.2) is 0 Å². The summed E-state index contributed by atoms with van der Waals surface area (Å²) < 4.78 is 77.6. The van der Waals surface area contributed by atoms with Crippen LogP contribution in [0.5, 0.6) is 11.5 Å². The molecule has 30 heavy (non-hydrogen) atoms. The van der Waals surface area contributed by atoms with Crippen molar-refractivity contribution in [1.82, 2.24) is 0 Å². The molecule has 0 aliphatic heterocycles. The molecule has 0 aliphatic rings. The lowest BCUT2D eigenvalue weighted by molar-refractivity contribution is -0.137. The normalized spacial score (nSPS) is 11.7. The van der Waals surface area contributed by atoms with Crippen molar-refractivity contribution in [2.75, 3.05) is 25.6 Å². The Morgan fingerprint density at radius 3 is 2.40 bits per heavy atom. The van der Waals surface area contributed by atoms with E-state index in [4.69, 9.17) is 9.47 Å². The van der Waals surface area contributed by atoms with Crippen LogP contribution >= 0.6 is 0 Å². The standard InChI is InChI=1S/C20H18F5NO4/c1-28-10-11-29-17-8-5-14(20(23,24)25)12-16(17)26-18(27)9-4-13-2-6-15(7-3-13)30-19(21)22/h2-9,12,19H,10-11H2,1H3,(H,26,27). The number of nitrogens with one attached hydrogen (secondary N) is 1. The lowest BCUT2D eigenvalue weighted by Gasteiger charge is -2.14. The molecular formula is C20H18F5NO4. The van der Waals surface area contributed by atoms with Crippen molar-refractivity contribution < 1.29 is 41.0 Å². The minimum absolute atomic E-state index is 0.0478. The average molecular weight is 431 g/mol. The molecule has 10 heteroatoms. The van der Waals surface area contributed by atoms with Crippen LogP contribution in [0.1, 0.15) is 11.1 Å². The molecule has 0 saturated carbocycles. The molecular weight excluding hydrogens is 413 g/mol. The quantitative estimate of drug-likeness (QED) is 0.346. The monoisotopic (exact) mass is 431 g/mol. The number of anilines is 1. The number of carbonyl (C=O) groups is 1. The number of benzene rings is 2. The Kier molecular flexibility index (Phi) is 8.16. The third kappa shape index (κ3) is 7.36. The summed E-state index contributed by atoms with van der Waals surface area (Å²) in [7, 11) is 1.44. The summed E-state index contributed by atoms with van der Waals surface area (Å²) in [4.78, 5) is 12.2. The second-order valence-electron chi connectivity index (χ2n) is 5.82. The first-order valence-electron chi connectivity index (χ1n) is 8.56. The SMILES string of the molecule is COCCOc1ccc(C(F)(F)F)cc1NC(=O)C=Cc1ccc(OC(F)F)cc1. The van der Waals surface area contributed by atoms with Crippen LogP contribution in [0.15, 0.2) is 48.5 Å². The van der Waals surface area contributed by atoms with E-state index in [0.29, 0.717) is 5.56 Å². The summed E-state index contributed by atoms with van der Waals surface area (Å²) in [5.74, 6) is -0.706. The van der Waals surface area contributed by atoms with Gasteiger partial charge in [-0.3, -0.25) is 4.79 Å². The smallest absolute Gasteiger partial charge is 0.416 e. The lowest BCUT2D eigenvalue weighted by atomic mass is 10.1. The van der Waals surface area contributed by atoms with E-state index >= 15 is 0 Å². The third-order valence-corrected chi connectivity index (χ3v) is 3.64. The molecule has 0 unspecified atom stereocenters. The first-order chi connectivity index (χ1) is 14.2. The summed E-state index contributed by atoms with van der Waals surface area (Å²) in [6.07, 6.45) is -2.15. The molecule has 0 heterocycles. The number of methoxy groups -OCH3 is 1. The van der Waals surface area contributed by atoms with Crippen molar-refractivity contribution in [3.8, 4) is 11.5 Å². The highest BCUT2D eigenvalue weighted by Crippen LogP contribution is 2.35. The van der Waals surface area contributed by atoms with Gasteiger partial charge in [0.2, 0.25) is 5.91 Å². The molecule has 2 rings (SSSR count). The largest absolute Gasteiger partial charge is 0.489 e. The van der Waals surface area contributed by atoms with Crippen LogP contribution in [0.3, 0.4) is 0 Å². The van der Waals surface area contributed by atoms with Crippen molar-refractivity contribution in [1.29, 1.82) is 0 Å². The minimum Gasteiger partial charge on any atom is -0.489 e. The molecule has 2 aromatic rings. The zero-order valence-corrected chi connectivity index (χ0v) is 15.7. The van der Waals surface area contributed by atoms with Gasteiger partial charge in [-0.2, -0.15) is 22.0 Å². The number of carbonyl (C=O) groups excluding carboxylic acids is 1. The van der Waals surface area contributed by atoms with E-state index in [-0.39, 0.29) is 30.4 Å². The maximum absolute atomic E-state index is 13.0. The molecule has 0 saturated heterocycles. The van der Waals surface area contributed by atoms with Gasteiger partial charge in [-0.15, -0.1) is 0 Å². The van der Waals surface area contributed by atoms with E-state index in [9.17, 15) is 26.7 Å². The van der Waals surface area contributed by atoms with E-state index in [2.05, 4.69) is 10.1 Å². The second kappa shape index (κ2) is 10.6. The van der Waals surface area contributed by atoms with E-state index in [0.717, 1.165) is 24.3 Å². The van der Waals surface area contributed by atoms with Gasteiger partial charge in [-0.25, -0.2) is 0 Å². The van der Waals surface area contributed by atoms with E-state index in [1.807, 2.05) is 0 Å². The fourth-order valence-electron chi connectivity index (χ4n) is 2.27. The summed E-state index contributed by atoms with van der Waals surface area (Å²) in [5.41, 5.74) is -0.612. The highest BCUT2D eigenvalue weighted by Gasteiger charge is 2.31. The average Bonchev–Trinajstić information content (AvgIpc) is 2.67. The Bertz CT molecular complexity index is 866. The fraction of sp³-hybridized carbons (Fsp3) is 0.250. The van der Waals surface area contributed by atoms with Crippen molar-refractivity contribution >= 4 is 17.7 Å². The predicted molar refractivity (Wildman–Crippen MR) is 99.6 cm³/mol. The molecule has 0 fully saturated rings. The first kappa shape index (κ1) is 23.1. The zero-order valence-electron chi connectivity index (χ0n) is 15.7. The maximum Gasteiger partial charge on any atom is 0.416 e. The Balaban J connectivity index is 2.12. The first-order valence-corrected chi connectivity index (χ1v) is 8.56. The lowest BCUT2D eigenvalue weighted by Crippen LogP contribution is -2.13. The Hall–Kier alpha value is -3.14. The summed E-state index contributed by atoms with van der Waals surface area (Å²) in [6.45, 7) is -2.67. The second-order valence-corrected chi connectivity index (χ2v) is 5.82. The zero-order chi connectivity index (χ0) is 22.1. The van der Waals surface area contributed by atoms with Crippen molar-refractivity contribution in [3.63, 3.8) is 0 Å². The summed E-state index contributed by atoms with van der Waals surface area (Å²) in [5, 5.41) is 2.34. The van der Waals surface area contributed by atoms with Crippen LogP contribution in [-0.4, -0.2) is 32.8 Å². The van der Waals surface area contributed by atoms with E-state index < -0.39 is 24.3 Å². The number of amides is 1. The minimum atomic E-state index is -4.59. The van der Waals surface area contributed by atoms with Crippen LogP contribution in [0.4, 0.5) is 27.6 Å². The molecule has 0 radical (unpaired) electrons. The van der Waals surface area contributed by atoms with Crippen LogP contribution in [0.25, 0.3) is 6.08 Å². The van der Waals surface area contributed by atoms with Gasteiger partial charge in [-0.05, 0) is 42.0 Å². The Morgan fingerprint density at radius 2 is 1.80 bits per heavy atom. The summed E-state index contributed by atoms with van der Waals surface area (Å²) >= 11 is 0. The van der Waals surface area contributed by atoms with Crippen LogP contribution in [0, 0.1) is 0 Å². The van der Waals surface area contributed by atoms with Crippen LogP contribution in [0.2, 0.25) is 0 Å². The topological polar surface area (TPSA) is 56.8 Å². The number of alkyl halides is 5. The van der Waals surface area contributed by atoms with Gasteiger partial charge >= 0.3 is 12.8 Å². The predicted octanol–water partition coefficient (Wildman–Crippen LogP) is 4.98. The summed E-state index contributed by atoms with van der Waals surface area (Å²) in [6, 6.07) is 8.17. The number of rotatable bonds is 9. The highest BCUT2D eigenvalue weighted by atomic mass is 19.4. The fourth-order valence-corrected chi connectivity index (χ4v) is 2.27. The van der Waals surface area contributed by atoms with E-state index in [1.54, 1.807) is 0 Å².